The number of hydrogen-bond donors (Lipinski definition) is 0. The summed E-state index contributed by atoms with van der Waals surface area (Å²) >= 11 is 0. The minimum absolute atomic E-state index is 0.0521. The van der Waals surface area contributed by atoms with Crippen molar-refractivity contribution in [3.63, 3.8) is 0 Å². The molecule has 0 radical (unpaired) electrons. The van der Waals surface area contributed by atoms with Gasteiger partial charge in [0.15, 0.2) is 17.3 Å². The van der Waals surface area contributed by atoms with Crippen LogP contribution in [0.2, 0.25) is 0 Å². The third-order valence-corrected chi connectivity index (χ3v) is 3.25. The van der Waals surface area contributed by atoms with Crippen molar-refractivity contribution in [1.82, 2.24) is 0 Å². The molecule has 0 saturated carbocycles. The highest BCUT2D eigenvalue weighted by Gasteiger charge is 2.22. The Balaban J connectivity index is 2.35. The predicted octanol–water partition coefficient (Wildman–Crippen LogP) is 3.71. The normalized spacial score (nSPS) is 11.5. The van der Waals surface area contributed by atoms with E-state index in [1.165, 1.54) is 19.2 Å². The van der Waals surface area contributed by atoms with Crippen molar-refractivity contribution in [3.8, 4) is 11.8 Å². The molecule has 0 aromatic heterocycles. The van der Waals surface area contributed by atoms with E-state index in [0.717, 1.165) is 11.6 Å². The summed E-state index contributed by atoms with van der Waals surface area (Å²) in [5.74, 6) is -1.37. The first-order valence-corrected chi connectivity index (χ1v) is 6.47. The second-order valence-electron chi connectivity index (χ2n) is 4.54. The molecule has 0 spiro atoms. The number of benzene rings is 2. The highest BCUT2D eigenvalue weighted by Crippen LogP contribution is 2.26. The van der Waals surface area contributed by atoms with Crippen molar-refractivity contribution in [2.24, 2.45) is 0 Å². The van der Waals surface area contributed by atoms with Gasteiger partial charge in [-0.25, -0.2) is 4.39 Å². The van der Waals surface area contributed by atoms with Crippen molar-refractivity contribution < 1.29 is 13.9 Å². The third kappa shape index (κ3) is 3.26. The molecule has 21 heavy (non-hydrogen) atoms. The number of hydrogen-bond acceptors (Lipinski definition) is 3. The van der Waals surface area contributed by atoms with Gasteiger partial charge < -0.3 is 4.74 Å². The van der Waals surface area contributed by atoms with Gasteiger partial charge in [-0.1, -0.05) is 30.3 Å². The van der Waals surface area contributed by atoms with Gasteiger partial charge >= 0.3 is 0 Å². The molecule has 2 aromatic rings. The average molecular weight is 283 g/mol. The second-order valence-corrected chi connectivity index (χ2v) is 4.54. The van der Waals surface area contributed by atoms with E-state index in [-0.39, 0.29) is 23.5 Å². The summed E-state index contributed by atoms with van der Waals surface area (Å²) in [5, 5.41) is 8.93. The largest absolute Gasteiger partial charge is 0.494 e. The number of ketones is 1. The number of rotatable bonds is 5. The number of carbonyl (C=O) groups excluding carboxylic acids is 1. The molecule has 106 valence electrons. The Hall–Kier alpha value is -2.67. The summed E-state index contributed by atoms with van der Waals surface area (Å²) in [6, 6.07) is 15.1. The maximum absolute atomic E-state index is 13.7. The van der Waals surface area contributed by atoms with E-state index in [1.807, 2.05) is 24.3 Å². The van der Waals surface area contributed by atoms with Crippen LogP contribution in [0.15, 0.2) is 48.5 Å². The van der Waals surface area contributed by atoms with E-state index in [0.29, 0.717) is 0 Å². The van der Waals surface area contributed by atoms with Crippen LogP contribution in [0.4, 0.5) is 4.39 Å². The fraction of sp³-hybridized carbons (Fsp3) is 0.176. The molecule has 0 aliphatic rings. The maximum Gasteiger partial charge on any atom is 0.171 e. The van der Waals surface area contributed by atoms with Crippen molar-refractivity contribution >= 4 is 5.78 Å². The number of carbonyl (C=O) groups is 1. The Kier molecular flexibility index (Phi) is 4.68. The smallest absolute Gasteiger partial charge is 0.171 e. The highest BCUT2D eigenvalue weighted by molar-refractivity contribution is 6.01. The number of ether oxygens (including phenoxy) is 1. The lowest BCUT2D eigenvalue weighted by Crippen LogP contribution is -2.13. The van der Waals surface area contributed by atoms with Crippen LogP contribution in [0, 0.1) is 17.1 Å². The minimum Gasteiger partial charge on any atom is -0.494 e. The van der Waals surface area contributed by atoms with Crippen LogP contribution >= 0.6 is 0 Å². The number of nitrogens with zero attached hydrogens (tertiary/aromatic N) is 1. The fourth-order valence-electron chi connectivity index (χ4n) is 2.16. The molecule has 0 aliphatic heterocycles. The van der Waals surface area contributed by atoms with Gasteiger partial charge in [-0.2, -0.15) is 5.26 Å². The van der Waals surface area contributed by atoms with Gasteiger partial charge in [0, 0.05) is 12.0 Å². The molecule has 0 heterocycles. The number of Topliss-reactive ketones (excluding diaryl/α,β-unsaturated/α-hetero) is 1. The Morgan fingerprint density at radius 2 is 2.00 bits per heavy atom. The van der Waals surface area contributed by atoms with Gasteiger partial charge in [0.05, 0.1) is 19.1 Å². The molecule has 0 saturated heterocycles. The Morgan fingerprint density at radius 3 is 2.57 bits per heavy atom. The Bertz CT molecular complexity index is 677. The zero-order chi connectivity index (χ0) is 15.2. The molecular weight excluding hydrogens is 269 g/mol. The van der Waals surface area contributed by atoms with Crippen LogP contribution in [-0.2, 0) is 0 Å². The van der Waals surface area contributed by atoms with Crippen molar-refractivity contribution in [2.75, 3.05) is 7.11 Å². The van der Waals surface area contributed by atoms with Crippen LogP contribution in [-0.4, -0.2) is 12.9 Å². The molecule has 0 aliphatic carbocycles. The standard InChI is InChI=1S/C17H14FNO2/c1-21-16-8-7-13(11-15(16)18)17(20)14(9-10-19)12-5-3-2-4-6-12/h2-8,11,14H,9H2,1H3. The van der Waals surface area contributed by atoms with Crippen molar-refractivity contribution in [2.45, 2.75) is 12.3 Å². The Labute approximate surface area is 122 Å². The van der Waals surface area contributed by atoms with Gasteiger partial charge in [-0.05, 0) is 23.8 Å². The number of nitriles is 1. The van der Waals surface area contributed by atoms with Gasteiger partial charge in [0.1, 0.15) is 0 Å². The van der Waals surface area contributed by atoms with Gasteiger partial charge in [0.25, 0.3) is 0 Å². The summed E-state index contributed by atoms with van der Waals surface area (Å²) in [4.78, 5) is 12.5. The molecular formula is C17H14FNO2. The molecule has 4 heteroatoms. The topological polar surface area (TPSA) is 50.1 Å². The molecule has 1 atom stereocenters. The van der Waals surface area contributed by atoms with E-state index in [4.69, 9.17) is 10.00 Å². The summed E-state index contributed by atoms with van der Waals surface area (Å²) in [6.07, 6.45) is 0.0521. The average Bonchev–Trinajstić information content (AvgIpc) is 2.52. The molecule has 1 unspecified atom stereocenters. The summed E-state index contributed by atoms with van der Waals surface area (Å²) in [6.45, 7) is 0. The summed E-state index contributed by atoms with van der Waals surface area (Å²) in [7, 11) is 1.36. The lowest BCUT2D eigenvalue weighted by atomic mass is 9.88. The van der Waals surface area contributed by atoms with Crippen LogP contribution in [0.3, 0.4) is 0 Å². The fourth-order valence-corrected chi connectivity index (χ4v) is 2.16. The van der Waals surface area contributed by atoms with Gasteiger partial charge in [-0.3, -0.25) is 4.79 Å². The van der Waals surface area contributed by atoms with Crippen LogP contribution in [0.1, 0.15) is 28.3 Å². The first-order valence-electron chi connectivity index (χ1n) is 6.47. The summed E-state index contributed by atoms with van der Waals surface area (Å²) in [5.41, 5.74) is 0.984. The van der Waals surface area contributed by atoms with E-state index < -0.39 is 11.7 Å². The van der Waals surface area contributed by atoms with Crippen LogP contribution in [0.5, 0.6) is 5.75 Å². The minimum atomic E-state index is -0.594. The molecule has 3 nitrogen and oxygen atoms in total. The zero-order valence-corrected chi connectivity index (χ0v) is 11.5. The second kappa shape index (κ2) is 6.67. The van der Waals surface area contributed by atoms with E-state index in [9.17, 15) is 9.18 Å². The highest BCUT2D eigenvalue weighted by atomic mass is 19.1. The third-order valence-electron chi connectivity index (χ3n) is 3.25. The monoisotopic (exact) mass is 283 g/mol. The predicted molar refractivity (Wildman–Crippen MR) is 76.7 cm³/mol. The van der Waals surface area contributed by atoms with E-state index in [2.05, 4.69) is 0 Å². The molecule has 0 bridgehead atoms. The molecule has 0 amide bonds. The number of methoxy groups -OCH3 is 1. The van der Waals surface area contributed by atoms with Crippen molar-refractivity contribution in [3.05, 3.63) is 65.5 Å². The zero-order valence-electron chi connectivity index (χ0n) is 11.5. The van der Waals surface area contributed by atoms with Gasteiger partial charge in [0.2, 0.25) is 0 Å². The summed E-state index contributed by atoms with van der Waals surface area (Å²) < 4.78 is 18.6. The Morgan fingerprint density at radius 1 is 1.29 bits per heavy atom. The first-order chi connectivity index (χ1) is 10.2. The molecule has 2 rings (SSSR count). The molecule has 0 N–H and O–H groups in total. The van der Waals surface area contributed by atoms with Crippen LogP contribution < -0.4 is 4.74 Å². The first kappa shape index (κ1) is 14.7. The SMILES string of the molecule is COc1ccc(C(=O)C(CC#N)c2ccccc2)cc1F. The van der Waals surface area contributed by atoms with Crippen molar-refractivity contribution in [1.29, 1.82) is 5.26 Å². The lowest BCUT2D eigenvalue weighted by Gasteiger charge is -2.13. The lowest BCUT2D eigenvalue weighted by molar-refractivity contribution is 0.0960. The van der Waals surface area contributed by atoms with Crippen LogP contribution in [0.25, 0.3) is 0 Å². The molecule has 2 aromatic carbocycles. The quantitative estimate of drug-likeness (QED) is 0.786. The van der Waals surface area contributed by atoms with E-state index in [1.54, 1.807) is 12.1 Å². The van der Waals surface area contributed by atoms with Gasteiger partial charge in [-0.15, -0.1) is 0 Å². The maximum atomic E-state index is 13.7. The molecule has 0 fully saturated rings. The van der Waals surface area contributed by atoms with E-state index >= 15 is 0 Å². The number of halogens is 1.